The summed E-state index contributed by atoms with van der Waals surface area (Å²) in [4.78, 5) is 42.8. The molecule has 236 valence electrons. The molecule has 1 saturated heterocycles. The summed E-state index contributed by atoms with van der Waals surface area (Å²) in [6.07, 6.45) is -2.12. The Morgan fingerprint density at radius 1 is 0.870 bits per heavy atom. The van der Waals surface area contributed by atoms with Crippen molar-refractivity contribution in [1.82, 2.24) is 10.2 Å². The number of likely N-dealkylation sites (tertiary alicyclic amines) is 1. The fourth-order valence-electron chi connectivity index (χ4n) is 6.89. The van der Waals surface area contributed by atoms with Gasteiger partial charge in [-0.15, -0.1) is 0 Å². The van der Waals surface area contributed by atoms with Crippen LogP contribution in [0.25, 0.3) is 11.1 Å². The third kappa shape index (κ3) is 5.70. The fourth-order valence-corrected chi connectivity index (χ4v) is 6.89. The van der Waals surface area contributed by atoms with Gasteiger partial charge in [0.2, 0.25) is 0 Å². The third-order valence-corrected chi connectivity index (χ3v) is 8.65. The maximum absolute atomic E-state index is 14.3. The molecule has 0 bridgehead atoms. The lowest BCUT2D eigenvalue weighted by Gasteiger charge is -2.44. The maximum atomic E-state index is 14.3. The van der Waals surface area contributed by atoms with Gasteiger partial charge < -0.3 is 19.9 Å². The Hall–Kier alpha value is -4.79. The zero-order valence-electron chi connectivity index (χ0n) is 26.2. The van der Waals surface area contributed by atoms with E-state index < -0.39 is 41.3 Å². The second-order valence-electron chi connectivity index (χ2n) is 12.8. The summed E-state index contributed by atoms with van der Waals surface area (Å²) < 4.78 is 11.3. The van der Waals surface area contributed by atoms with Crippen molar-refractivity contribution in [3.05, 3.63) is 131 Å². The number of carbonyl (C=O) groups is 3. The molecule has 0 saturated carbocycles. The number of amides is 1. The number of aliphatic hydroxyl groups excluding tert-OH is 1. The molecule has 4 aromatic rings. The van der Waals surface area contributed by atoms with E-state index in [1.807, 2.05) is 102 Å². The van der Waals surface area contributed by atoms with E-state index in [-0.39, 0.29) is 25.5 Å². The molecule has 2 aliphatic rings. The zero-order valence-corrected chi connectivity index (χ0v) is 26.2. The standard InChI is InChI=1S/C38H38N2O6/c1-37(2,3)46-36(44)39-22-31(41)33-32(42)23-40(34(33)35(43)45-24-25-14-6-4-7-15-25)38(26-16-8-5-9-17-26)29-20-12-10-18-27(29)28-19-11-13-21-30(28)38/h4-21,31,33-34,41H,22-24H2,1-3H3,(H,39,44)/t31?,33?,34-/m0/s1. The lowest BCUT2D eigenvalue weighted by molar-refractivity contribution is -0.155. The Morgan fingerprint density at radius 2 is 1.41 bits per heavy atom. The van der Waals surface area contributed by atoms with Gasteiger partial charge in [-0.1, -0.05) is 109 Å². The van der Waals surface area contributed by atoms with E-state index in [1.165, 1.54) is 0 Å². The summed E-state index contributed by atoms with van der Waals surface area (Å²) in [7, 11) is 0. The van der Waals surface area contributed by atoms with Gasteiger partial charge in [-0.05, 0) is 54.2 Å². The van der Waals surface area contributed by atoms with Crippen molar-refractivity contribution in [2.45, 2.75) is 50.7 Å². The number of aliphatic hydroxyl groups is 1. The average Bonchev–Trinajstić information content (AvgIpc) is 3.55. The molecule has 8 heteroatoms. The van der Waals surface area contributed by atoms with Gasteiger partial charge in [0.1, 0.15) is 18.2 Å². The Kier molecular flexibility index (Phi) is 8.51. The number of nitrogens with one attached hydrogen (secondary N) is 1. The Morgan fingerprint density at radius 3 is 2.00 bits per heavy atom. The van der Waals surface area contributed by atoms with Crippen molar-refractivity contribution in [3.63, 3.8) is 0 Å². The van der Waals surface area contributed by atoms with Crippen LogP contribution in [-0.2, 0) is 31.2 Å². The molecule has 3 atom stereocenters. The summed E-state index contributed by atoms with van der Waals surface area (Å²) in [6, 6.07) is 34.0. The van der Waals surface area contributed by atoms with E-state index >= 15 is 0 Å². The van der Waals surface area contributed by atoms with E-state index in [0.717, 1.165) is 33.4 Å². The highest BCUT2D eigenvalue weighted by molar-refractivity contribution is 5.95. The van der Waals surface area contributed by atoms with Gasteiger partial charge in [-0.2, -0.15) is 0 Å². The van der Waals surface area contributed by atoms with Gasteiger partial charge in [0.05, 0.1) is 24.1 Å². The number of alkyl carbamates (subject to hydrolysis) is 1. The molecule has 46 heavy (non-hydrogen) atoms. The SMILES string of the molecule is CC(C)(C)OC(=O)NCC(O)C1C(=O)CN(C2(c3ccccc3)c3ccccc3-c3ccccc32)[C@@H]1C(=O)OCc1ccccc1. The molecule has 0 radical (unpaired) electrons. The molecule has 1 heterocycles. The highest BCUT2D eigenvalue weighted by atomic mass is 16.6. The van der Waals surface area contributed by atoms with Crippen LogP contribution in [0.4, 0.5) is 4.79 Å². The molecule has 0 spiro atoms. The number of benzene rings is 4. The van der Waals surface area contributed by atoms with Crippen LogP contribution in [0.1, 0.15) is 43.0 Å². The molecular formula is C38H38N2O6. The van der Waals surface area contributed by atoms with Crippen LogP contribution < -0.4 is 5.32 Å². The monoisotopic (exact) mass is 618 g/mol. The first-order valence-electron chi connectivity index (χ1n) is 15.5. The van der Waals surface area contributed by atoms with Crippen molar-refractivity contribution in [2.75, 3.05) is 13.1 Å². The Balaban J connectivity index is 1.46. The predicted molar refractivity (Wildman–Crippen MR) is 174 cm³/mol. The van der Waals surface area contributed by atoms with Crippen molar-refractivity contribution in [1.29, 1.82) is 0 Å². The summed E-state index contributed by atoms with van der Waals surface area (Å²) in [5, 5.41) is 14.1. The second-order valence-corrected chi connectivity index (χ2v) is 12.8. The first-order valence-corrected chi connectivity index (χ1v) is 15.5. The number of fused-ring (bicyclic) bond motifs is 3. The molecule has 1 aliphatic heterocycles. The normalized spacial score (nSPS) is 19.2. The van der Waals surface area contributed by atoms with Crippen LogP contribution in [0.2, 0.25) is 0 Å². The first kappa shape index (κ1) is 31.2. The van der Waals surface area contributed by atoms with E-state index in [1.54, 1.807) is 20.8 Å². The summed E-state index contributed by atoms with van der Waals surface area (Å²) in [5.74, 6) is -2.13. The number of ether oxygens (including phenoxy) is 2. The van der Waals surface area contributed by atoms with Gasteiger partial charge in [0.15, 0.2) is 5.78 Å². The highest BCUT2D eigenvalue weighted by Gasteiger charge is 2.60. The fraction of sp³-hybridized carbons (Fsp3) is 0.289. The number of carbonyl (C=O) groups excluding carboxylic acids is 3. The Labute approximate surface area is 269 Å². The number of Topliss-reactive ketones (excluding diaryl/α,β-unsaturated/α-hetero) is 1. The minimum absolute atomic E-state index is 0.00267. The number of esters is 1. The lowest BCUT2D eigenvalue weighted by Crippen LogP contribution is -2.55. The number of nitrogens with zero attached hydrogens (tertiary/aromatic N) is 1. The third-order valence-electron chi connectivity index (χ3n) is 8.65. The number of ketones is 1. The van der Waals surface area contributed by atoms with Gasteiger partial charge in [-0.25, -0.2) is 4.79 Å². The first-order chi connectivity index (χ1) is 22.1. The van der Waals surface area contributed by atoms with Crippen molar-refractivity contribution < 1.29 is 29.0 Å². The minimum Gasteiger partial charge on any atom is -0.460 e. The smallest absolute Gasteiger partial charge is 0.407 e. The van der Waals surface area contributed by atoms with Crippen molar-refractivity contribution in [2.24, 2.45) is 5.92 Å². The van der Waals surface area contributed by atoms with E-state index in [2.05, 4.69) is 17.4 Å². The van der Waals surface area contributed by atoms with Crippen LogP contribution in [-0.4, -0.2) is 58.7 Å². The van der Waals surface area contributed by atoms with Crippen molar-refractivity contribution >= 4 is 17.8 Å². The molecule has 8 nitrogen and oxygen atoms in total. The van der Waals surface area contributed by atoms with Gasteiger partial charge in [0, 0.05) is 6.54 Å². The second kappa shape index (κ2) is 12.5. The average molecular weight is 619 g/mol. The predicted octanol–water partition coefficient (Wildman–Crippen LogP) is 5.46. The topological polar surface area (TPSA) is 105 Å². The van der Waals surface area contributed by atoms with Crippen LogP contribution >= 0.6 is 0 Å². The summed E-state index contributed by atoms with van der Waals surface area (Å²) >= 11 is 0. The van der Waals surface area contributed by atoms with Gasteiger partial charge in [0.25, 0.3) is 0 Å². The summed E-state index contributed by atoms with van der Waals surface area (Å²) in [6.45, 7) is 4.80. The van der Waals surface area contributed by atoms with Gasteiger partial charge >= 0.3 is 12.1 Å². The minimum atomic E-state index is -1.39. The molecule has 6 rings (SSSR count). The largest absolute Gasteiger partial charge is 0.460 e. The molecule has 0 aromatic heterocycles. The molecule has 2 N–H and O–H groups in total. The zero-order chi connectivity index (χ0) is 32.5. The number of rotatable bonds is 8. The highest BCUT2D eigenvalue weighted by Crippen LogP contribution is 2.56. The molecule has 2 unspecified atom stereocenters. The molecule has 1 amide bonds. The molecule has 4 aromatic carbocycles. The van der Waals surface area contributed by atoms with Crippen LogP contribution in [0.5, 0.6) is 0 Å². The van der Waals surface area contributed by atoms with E-state index in [0.29, 0.717) is 0 Å². The number of hydrogen-bond donors (Lipinski definition) is 2. The maximum Gasteiger partial charge on any atom is 0.407 e. The number of hydrogen-bond acceptors (Lipinski definition) is 7. The molecular weight excluding hydrogens is 580 g/mol. The van der Waals surface area contributed by atoms with Crippen LogP contribution in [0.15, 0.2) is 109 Å². The summed E-state index contributed by atoms with van der Waals surface area (Å²) in [5.41, 5.74) is 3.74. The molecule has 1 aliphatic carbocycles. The Bertz CT molecular complexity index is 1690. The van der Waals surface area contributed by atoms with Crippen LogP contribution in [0, 0.1) is 5.92 Å². The van der Waals surface area contributed by atoms with E-state index in [9.17, 15) is 19.5 Å². The molecule has 1 fully saturated rings. The quantitative estimate of drug-likeness (QED) is 0.253. The van der Waals surface area contributed by atoms with E-state index in [4.69, 9.17) is 9.47 Å². The van der Waals surface area contributed by atoms with Crippen molar-refractivity contribution in [3.8, 4) is 11.1 Å². The van der Waals surface area contributed by atoms with Crippen LogP contribution in [0.3, 0.4) is 0 Å². The lowest BCUT2D eigenvalue weighted by atomic mass is 9.78. The van der Waals surface area contributed by atoms with Gasteiger partial charge in [-0.3, -0.25) is 14.5 Å².